The average molecular weight is 366 g/mol. The van der Waals surface area contributed by atoms with Crippen LogP contribution in [0.15, 0.2) is 40.6 Å². The van der Waals surface area contributed by atoms with Crippen LogP contribution < -0.4 is 5.56 Å². The molecule has 5 rings (SSSR count). The highest BCUT2D eigenvalue weighted by molar-refractivity contribution is 7.13. The fourth-order valence-corrected chi connectivity index (χ4v) is 3.93. The van der Waals surface area contributed by atoms with Crippen LogP contribution in [0.25, 0.3) is 16.2 Å². The molecule has 5 heterocycles. The summed E-state index contributed by atoms with van der Waals surface area (Å²) in [5, 5.41) is 11.9. The van der Waals surface area contributed by atoms with Crippen molar-refractivity contribution in [3.05, 3.63) is 63.1 Å². The molecule has 1 aliphatic heterocycles. The largest absolute Gasteiger partial charge is 0.332 e. The summed E-state index contributed by atoms with van der Waals surface area (Å²) in [5.41, 5.74) is 2.93. The number of hydrogen-bond acceptors (Lipinski definition) is 5. The van der Waals surface area contributed by atoms with Crippen LogP contribution in [0, 0.1) is 0 Å². The number of hydrogen-bond donors (Lipinski definition) is 2. The normalized spacial score (nSPS) is 13.9. The SMILES string of the molecule is O=C(c1cc(-c2cccs2)[nH]n1)N1CCc2nc3cc[nH]n3c(=O)c2C1. The van der Waals surface area contributed by atoms with E-state index in [1.165, 1.54) is 4.52 Å². The third-order valence-electron chi connectivity index (χ3n) is 4.56. The molecule has 1 amide bonds. The van der Waals surface area contributed by atoms with Crippen LogP contribution in [0.4, 0.5) is 0 Å². The van der Waals surface area contributed by atoms with Crippen molar-refractivity contribution >= 4 is 22.9 Å². The first-order valence-corrected chi connectivity index (χ1v) is 9.05. The molecule has 0 aromatic carbocycles. The third-order valence-corrected chi connectivity index (χ3v) is 5.47. The molecule has 9 heteroatoms. The van der Waals surface area contributed by atoms with E-state index in [4.69, 9.17) is 0 Å². The van der Waals surface area contributed by atoms with E-state index >= 15 is 0 Å². The summed E-state index contributed by atoms with van der Waals surface area (Å²) in [6, 6.07) is 7.43. The van der Waals surface area contributed by atoms with E-state index in [0.29, 0.717) is 29.9 Å². The van der Waals surface area contributed by atoms with Gasteiger partial charge in [0.25, 0.3) is 11.5 Å². The molecule has 2 N–H and O–H groups in total. The Kier molecular flexibility index (Phi) is 3.29. The first-order chi connectivity index (χ1) is 12.7. The molecule has 26 heavy (non-hydrogen) atoms. The highest BCUT2D eigenvalue weighted by Crippen LogP contribution is 2.24. The lowest BCUT2D eigenvalue weighted by Gasteiger charge is -2.27. The van der Waals surface area contributed by atoms with Gasteiger partial charge in [-0.15, -0.1) is 11.3 Å². The number of thiophene rings is 1. The number of nitrogens with one attached hydrogen (secondary N) is 2. The number of amides is 1. The van der Waals surface area contributed by atoms with Gasteiger partial charge in [-0.25, -0.2) is 9.50 Å². The van der Waals surface area contributed by atoms with Gasteiger partial charge in [-0.3, -0.25) is 19.8 Å². The van der Waals surface area contributed by atoms with Gasteiger partial charge >= 0.3 is 0 Å². The monoisotopic (exact) mass is 366 g/mol. The first-order valence-electron chi connectivity index (χ1n) is 8.17. The van der Waals surface area contributed by atoms with E-state index in [0.717, 1.165) is 16.3 Å². The van der Waals surface area contributed by atoms with Crippen molar-refractivity contribution < 1.29 is 4.79 Å². The van der Waals surface area contributed by atoms with E-state index in [1.54, 1.807) is 34.6 Å². The lowest BCUT2D eigenvalue weighted by Crippen LogP contribution is -2.40. The third kappa shape index (κ3) is 2.28. The van der Waals surface area contributed by atoms with Crippen LogP contribution in [0.3, 0.4) is 0 Å². The van der Waals surface area contributed by atoms with Crippen LogP contribution in [-0.4, -0.2) is 42.1 Å². The molecule has 0 saturated heterocycles. The number of carbonyl (C=O) groups is 1. The van der Waals surface area contributed by atoms with Crippen molar-refractivity contribution in [2.45, 2.75) is 13.0 Å². The molecule has 8 nitrogen and oxygen atoms in total. The zero-order chi connectivity index (χ0) is 17.7. The summed E-state index contributed by atoms with van der Waals surface area (Å²) in [4.78, 5) is 32.6. The van der Waals surface area contributed by atoms with E-state index in [9.17, 15) is 9.59 Å². The maximum Gasteiger partial charge on any atom is 0.277 e. The lowest BCUT2D eigenvalue weighted by molar-refractivity contribution is 0.0726. The zero-order valence-corrected chi connectivity index (χ0v) is 14.4. The number of carbonyl (C=O) groups excluding carboxylic acids is 1. The minimum atomic E-state index is -0.189. The van der Waals surface area contributed by atoms with Gasteiger partial charge in [-0.1, -0.05) is 6.07 Å². The Labute approximate surface area is 151 Å². The smallest absolute Gasteiger partial charge is 0.277 e. The van der Waals surface area contributed by atoms with Gasteiger partial charge in [0, 0.05) is 25.2 Å². The molecule has 0 bridgehead atoms. The van der Waals surface area contributed by atoms with Gasteiger partial charge in [0.2, 0.25) is 0 Å². The number of nitrogens with zero attached hydrogens (tertiary/aromatic N) is 4. The molecule has 4 aromatic rings. The van der Waals surface area contributed by atoms with Crippen molar-refractivity contribution in [2.24, 2.45) is 0 Å². The zero-order valence-electron chi connectivity index (χ0n) is 13.6. The quantitative estimate of drug-likeness (QED) is 0.564. The minimum absolute atomic E-state index is 0.159. The topological polar surface area (TPSA) is 99.2 Å². The molecule has 0 fully saturated rings. The molecule has 0 aliphatic carbocycles. The Balaban J connectivity index is 1.45. The van der Waals surface area contributed by atoms with Gasteiger partial charge in [0.1, 0.15) is 0 Å². The van der Waals surface area contributed by atoms with Crippen LogP contribution >= 0.6 is 11.3 Å². The van der Waals surface area contributed by atoms with Crippen molar-refractivity contribution in [1.82, 2.24) is 29.7 Å². The summed E-state index contributed by atoms with van der Waals surface area (Å²) in [6.07, 6.45) is 2.23. The molecule has 130 valence electrons. The molecule has 0 atom stereocenters. The molecular weight excluding hydrogens is 352 g/mol. The summed E-state index contributed by atoms with van der Waals surface area (Å²) in [6.45, 7) is 0.753. The van der Waals surface area contributed by atoms with Crippen LogP contribution in [0.1, 0.15) is 21.7 Å². The van der Waals surface area contributed by atoms with Crippen LogP contribution in [0.2, 0.25) is 0 Å². The predicted octanol–water partition coefficient (Wildman–Crippen LogP) is 1.67. The summed E-state index contributed by atoms with van der Waals surface area (Å²) in [7, 11) is 0. The first kappa shape index (κ1) is 15.1. The predicted molar refractivity (Wildman–Crippen MR) is 96.2 cm³/mol. The van der Waals surface area contributed by atoms with Crippen molar-refractivity contribution in [1.29, 1.82) is 0 Å². The maximum absolute atomic E-state index is 12.8. The second-order valence-electron chi connectivity index (χ2n) is 6.12. The standard InChI is InChI=1S/C17H14N6O2S/c24-16-10-9-22(6-4-11(10)19-15-3-5-18-23(15)16)17(25)13-8-12(20-21-13)14-2-1-7-26-14/h1-3,5,7-8,18H,4,6,9H2,(H,20,21). The van der Waals surface area contributed by atoms with Gasteiger partial charge in [-0.2, -0.15) is 5.10 Å². The molecule has 0 radical (unpaired) electrons. The van der Waals surface area contributed by atoms with E-state index < -0.39 is 0 Å². The van der Waals surface area contributed by atoms with E-state index in [2.05, 4.69) is 20.3 Å². The molecule has 1 aliphatic rings. The van der Waals surface area contributed by atoms with Crippen molar-refractivity contribution in [2.75, 3.05) is 6.54 Å². The molecule has 0 unspecified atom stereocenters. The van der Waals surface area contributed by atoms with E-state index in [-0.39, 0.29) is 18.0 Å². The lowest BCUT2D eigenvalue weighted by atomic mass is 10.1. The van der Waals surface area contributed by atoms with Gasteiger partial charge in [-0.05, 0) is 17.5 Å². The number of rotatable bonds is 2. The molecule has 0 saturated carbocycles. The molecular formula is C17H14N6O2S. The summed E-state index contributed by atoms with van der Waals surface area (Å²) >= 11 is 1.58. The maximum atomic E-state index is 12.8. The number of H-pyrrole nitrogens is 2. The molecule has 4 aromatic heterocycles. The second-order valence-corrected chi connectivity index (χ2v) is 7.07. The highest BCUT2D eigenvalue weighted by Gasteiger charge is 2.27. The minimum Gasteiger partial charge on any atom is -0.332 e. The molecule has 0 spiro atoms. The van der Waals surface area contributed by atoms with Crippen LogP contribution in [0.5, 0.6) is 0 Å². The Morgan fingerprint density at radius 1 is 1.31 bits per heavy atom. The Morgan fingerprint density at radius 2 is 2.23 bits per heavy atom. The highest BCUT2D eigenvalue weighted by atomic mass is 32.1. The second kappa shape index (κ2) is 5.67. The number of fused-ring (bicyclic) bond motifs is 2. The Hall–Kier alpha value is -3.20. The van der Waals surface area contributed by atoms with E-state index in [1.807, 2.05) is 17.5 Å². The number of aromatic nitrogens is 5. The Morgan fingerprint density at radius 3 is 3.08 bits per heavy atom. The summed E-state index contributed by atoms with van der Waals surface area (Å²) in [5.74, 6) is -0.189. The van der Waals surface area contributed by atoms with Gasteiger partial charge < -0.3 is 4.90 Å². The fraction of sp³-hybridized carbons (Fsp3) is 0.176. The Bertz CT molecular complexity index is 1170. The van der Waals surface area contributed by atoms with Crippen LogP contribution in [-0.2, 0) is 13.0 Å². The van der Waals surface area contributed by atoms with Crippen molar-refractivity contribution in [3.63, 3.8) is 0 Å². The fourth-order valence-electron chi connectivity index (χ4n) is 3.24. The van der Waals surface area contributed by atoms with Gasteiger partial charge in [0.05, 0.1) is 28.4 Å². The van der Waals surface area contributed by atoms with Gasteiger partial charge in [0.15, 0.2) is 11.3 Å². The summed E-state index contributed by atoms with van der Waals surface area (Å²) < 4.78 is 1.40. The number of aromatic amines is 2. The average Bonchev–Trinajstić information content (AvgIpc) is 3.40. The van der Waals surface area contributed by atoms with Crippen molar-refractivity contribution in [3.8, 4) is 10.6 Å².